The zero-order chi connectivity index (χ0) is 35.8. The van der Waals surface area contributed by atoms with Gasteiger partial charge in [0, 0.05) is 67.6 Å². The van der Waals surface area contributed by atoms with Crippen molar-refractivity contribution in [3.05, 3.63) is 125 Å². The number of amides is 2. The van der Waals surface area contributed by atoms with Crippen molar-refractivity contribution in [3.8, 4) is 28.5 Å². The number of phenolic OH excluding ortho intramolecular Hbond substituents is 1. The minimum atomic E-state index is -0.236. The second kappa shape index (κ2) is 15.4. The van der Waals surface area contributed by atoms with Gasteiger partial charge in [0.15, 0.2) is 11.5 Å². The molecule has 4 aromatic carbocycles. The summed E-state index contributed by atoms with van der Waals surface area (Å²) in [5.41, 5.74) is 6.82. The number of halogens is 1. The number of aromatic hydroxyl groups is 1. The number of phenols is 1. The summed E-state index contributed by atoms with van der Waals surface area (Å²) in [6.45, 7) is 6.99. The molecule has 8 rings (SSSR count). The summed E-state index contributed by atoms with van der Waals surface area (Å²) in [5.74, 6) is 0.877. The number of rotatable bonds is 7. The first kappa shape index (κ1) is 36.1. The van der Waals surface area contributed by atoms with Gasteiger partial charge in [-0.3, -0.25) is 19.4 Å². The number of carbonyl (C=O) groups is 2. The van der Waals surface area contributed by atoms with E-state index >= 15 is 4.79 Å². The second-order valence-corrected chi connectivity index (χ2v) is 13.6. The molecule has 274 valence electrons. The van der Waals surface area contributed by atoms with Crippen LogP contribution in [0.2, 0.25) is 0 Å². The van der Waals surface area contributed by atoms with Crippen molar-refractivity contribution in [1.82, 2.24) is 14.4 Å². The number of fused-ring (bicyclic) bond motifs is 2. The van der Waals surface area contributed by atoms with E-state index in [-0.39, 0.29) is 36.0 Å². The number of aromatic nitrogens is 1. The van der Waals surface area contributed by atoms with Gasteiger partial charge in [-0.25, -0.2) is 0 Å². The van der Waals surface area contributed by atoms with Crippen molar-refractivity contribution in [1.29, 1.82) is 0 Å². The van der Waals surface area contributed by atoms with Crippen molar-refractivity contribution < 1.29 is 28.9 Å². The molecule has 4 heterocycles. The molecule has 3 aliphatic heterocycles. The zero-order valence-electron chi connectivity index (χ0n) is 29.9. The van der Waals surface area contributed by atoms with Crippen LogP contribution in [0.1, 0.15) is 37.5 Å². The normalized spacial score (nSPS) is 16.7. The first-order valence-electron chi connectivity index (χ1n) is 17.8. The van der Waals surface area contributed by atoms with Gasteiger partial charge >= 0.3 is 0 Å². The van der Waals surface area contributed by atoms with E-state index in [9.17, 15) is 9.90 Å². The van der Waals surface area contributed by atoms with Gasteiger partial charge in [-0.15, -0.1) is 12.4 Å². The molecule has 1 N–H and O–H groups in total. The Balaban J connectivity index is 0.00000435. The van der Waals surface area contributed by atoms with Crippen LogP contribution in [0.5, 0.6) is 17.2 Å². The number of anilines is 2. The van der Waals surface area contributed by atoms with Crippen molar-refractivity contribution in [2.45, 2.75) is 25.9 Å². The topological polar surface area (TPSA) is 96.7 Å². The van der Waals surface area contributed by atoms with Gasteiger partial charge in [0.25, 0.3) is 11.8 Å². The SMILES string of the molecule is Cc1c(C(=O)N(c2ccccc2)c2ccc(O)cc2)cc(-c2cc3c(cc2C(=O)N2Cc4ccccc4C[C@H]2CN2CCOCC2)OCCO3)n1C.Cl. The second-order valence-electron chi connectivity index (χ2n) is 13.6. The molecule has 0 radical (unpaired) electrons. The first-order valence-corrected chi connectivity index (χ1v) is 17.8. The third kappa shape index (κ3) is 7.10. The largest absolute Gasteiger partial charge is 0.508 e. The van der Waals surface area contributed by atoms with E-state index in [1.54, 1.807) is 29.2 Å². The van der Waals surface area contributed by atoms with Crippen molar-refractivity contribution in [3.63, 3.8) is 0 Å². The molecule has 0 saturated carbocycles. The Kier molecular flexibility index (Phi) is 10.5. The first-order chi connectivity index (χ1) is 25.4. The molecule has 0 bridgehead atoms. The maximum Gasteiger partial charge on any atom is 0.264 e. The number of benzene rings is 4. The summed E-state index contributed by atoms with van der Waals surface area (Å²) in [7, 11) is 1.91. The summed E-state index contributed by atoms with van der Waals surface area (Å²) < 4.78 is 19.7. The molecule has 2 amide bonds. The highest BCUT2D eigenvalue weighted by Crippen LogP contribution is 2.41. The summed E-state index contributed by atoms with van der Waals surface area (Å²) in [6, 6.07) is 29.9. The lowest BCUT2D eigenvalue weighted by molar-refractivity contribution is 0.0193. The van der Waals surface area contributed by atoms with E-state index in [2.05, 4.69) is 23.1 Å². The van der Waals surface area contributed by atoms with E-state index < -0.39 is 0 Å². The number of carbonyl (C=O) groups excluding carboxylic acids is 2. The minimum Gasteiger partial charge on any atom is -0.508 e. The fourth-order valence-corrected chi connectivity index (χ4v) is 7.56. The van der Waals surface area contributed by atoms with E-state index in [0.29, 0.717) is 78.2 Å². The standard InChI is InChI=1S/C42H42N4O6.ClH/c1-28-35(42(49)46(31-10-4-3-5-11-31)32-12-14-34(47)15-13-32)23-38(43(28)2)36-24-39-40(52-21-20-51-39)25-37(36)41(48)45-26-30-9-7-6-8-29(30)22-33(45)27-44-16-18-50-19-17-44;/h3-15,23-25,33,47H,16-22,26-27H2,1-2H3;1H/t33-;/m0./s1. The fraction of sp³-hybridized carbons (Fsp3) is 0.286. The van der Waals surface area contributed by atoms with Gasteiger partial charge in [-0.2, -0.15) is 0 Å². The third-order valence-corrected chi connectivity index (χ3v) is 10.5. The number of morpholine rings is 1. The van der Waals surface area contributed by atoms with E-state index in [1.165, 1.54) is 5.56 Å². The van der Waals surface area contributed by atoms with Crippen molar-refractivity contribution >= 4 is 35.6 Å². The van der Waals surface area contributed by atoms with Crippen LogP contribution in [0.15, 0.2) is 97.1 Å². The van der Waals surface area contributed by atoms with Gasteiger partial charge < -0.3 is 28.8 Å². The highest BCUT2D eigenvalue weighted by Gasteiger charge is 2.35. The molecule has 3 aliphatic rings. The van der Waals surface area contributed by atoms with Gasteiger partial charge in [0.2, 0.25) is 0 Å². The maximum absolute atomic E-state index is 15.1. The van der Waals surface area contributed by atoms with Crippen LogP contribution in [-0.2, 0) is 24.8 Å². The number of hydrogen-bond acceptors (Lipinski definition) is 7. The number of nitrogens with zero attached hydrogens (tertiary/aromatic N) is 4. The lowest BCUT2D eigenvalue weighted by Crippen LogP contribution is -2.52. The van der Waals surface area contributed by atoms with E-state index in [0.717, 1.165) is 37.3 Å². The Morgan fingerprint density at radius 2 is 1.43 bits per heavy atom. The average molecular weight is 735 g/mol. The molecule has 0 aliphatic carbocycles. The number of ether oxygens (including phenoxy) is 3. The van der Waals surface area contributed by atoms with Crippen LogP contribution in [0.4, 0.5) is 11.4 Å². The quantitative estimate of drug-likeness (QED) is 0.197. The molecule has 1 atom stereocenters. The smallest absolute Gasteiger partial charge is 0.264 e. The lowest BCUT2D eigenvalue weighted by atomic mass is 9.92. The summed E-state index contributed by atoms with van der Waals surface area (Å²) in [4.78, 5) is 35.7. The molecule has 0 spiro atoms. The van der Waals surface area contributed by atoms with Crippen LogP contribution < -0.4 is 14.4 Å². The third-order valence-electron chi connectivity index (χ3n) is 10.5. The predicted molar refractivity (Wildman–Crippen MR) is 206 cm³/mol. The molecule has 5 aromatic rings. The number of para-hydroxylation sites is 1. The lowest BCUT2D eigenvalue weighted by Gasteiger charge is -2.40. The highest BCUT2D eigenvalue weighted by molar-refractivity contribution is 6.12. The van der Waals surface area contributed by atoms with Crippen molar-refractivity contribution in [2.75, 3.05) is 51.0 Å². The van der Waals surface area contributed by atoms with Crippen LogP contribution in [-0.4, -0.2) is 83.4 Å². The van der Waals surface area contributed by atoms with E-state index in [1.807, 2.05) is 78.0 Å². The Hall–Kier alpha value is -5.29. The Morgan fingerprint density at radius 1 is 0.792 bits per heavy atom. The monoisotopic (exact) mass is 734 g/mol. The van der Waals surface area contributed by atoms with Crippen LogP contribution in [0.3, 0.4) is 0 Å². The molecule has 0 unspecified atom stereocenters. The van der Waals surface area contributed by atoms with Crippen LogP contribution >= 0.6 is 12.4 Å². The molecule has 53 heavy (non-hydrogen) atoms. The Bertz CT molecular complexity index is 2110. The Morgan fingerprint density at radius 3 is 2.15 bits per heavy atom. The highest BCUT2D eigenvalue weighted by atomic mass is 35.5. The fourth-order valence-electron chi connectivity index (χ4n) is 7.56. The maximum atomic E-state index is 15.1. The van der Waals surface area contributed by atoms with E-state index in [4.69, 9.17) is 14.2 Å². The van der Waals surface area contributed by atoms with Crippen molar-refractivity contribution in [2.24, 2.45) is 7.05 Å². The Labute approximate surface area is 315 Å². The zero-order valence-corrected chi connectivity index (χ0v) is 30.7. The molecule has 10 nitrogen and oxygen atoms in total. The number of hydrogen-bond donors (Lipinski definition) is 1. The summed E-state index contributed by atoms with van der Waals surface area (Å²) in [5, 5.41) is 10.0. The molecule has 11 heteroatoms. The minimum absolute atomic E-state index is 0. The summed E-state index contributed by atoms with van der Waals surface area (Å²) >= 11 is 0. The molecule has 1 fully saturated rings. The summed E-state index contributed by atoms with van der Waals surface area (Å²) in [6.07, 6.45) is 0.758. The van der Waals surface area contributed by atoms with Crippen LogP contribution in [0, 0.1) is 6.92 Å². The average Bonchev–Trinajstić information content (AvgIpc) is 3.48. The van der Waals surface area contributed by atoms with Gasteiger partial charge in [-0.1, -0.05) is 42.5 Å². The molecule has 1 saturated heterocycles. The predicted octanol–water partition coefficient (Wildman–Crippen LogP) is 6.78. The molecule has 1 aromatic heterocycles. The van der Waals surface area contributed by atoms with Gasteiger partial charge in [0.1, 0.15) is 19.0 Å². The van der Waals surface area contributed by atoms with Crippen LogP contribution in [0.25, 0.3) is 11.3 Å². The molecular weight excluding hydrogens is 692 g/mol. The van der Waals surface area contributed by atoms with Gasteiger partial charge in [0.05, 0.1) is 24.3 Å². The molecular formula is C42H43ClN4O6. The van der Waals surface area contributed by atoms with Gasteiger partial charge in [-0.05, 0) is 79.1 Å².